The van der Waals surface area contributed by atoms with Crippen LogP contribution in [0.25, 0.3) is 0 Å². The number of hydrogen-bond acceptors (Lipinski definition) is 2. The van der Waals surface area contributed by atoms with Crippen LogP contribution in [0.5, 0.6) is 0 Å². The van der Waals surface area contributed by atoms with Gasteiger partial charge in [-0.05, 0) is 0 Å². The fourth-order valence-corrected chi connectivity index (χ4v) is 0.222. The predicted octanol–water partition coefficient (Wildman–Crippen LogP) is -0.208. The number of imide groups is 1. The van der Waals surface area contributed by atoms with Crippen LogP contribution in [0, 0.1) is 0 Å². The number of carbonyl (C=O) groups excluding carboxylic acids is 2. The topological polar surface area (TPSA) is 37.1 Å². The van der Waals surface area contributed by atoms with E-state index in [1.165, 1.54) is 13.8 Å². The molecule has 0 aliphatic rings. The zero-order valence-electron chi connectivity index (χ0n) is 4.97. The Morgan fingerprint density at radius 1 is 1.25 bits per heavy atom. The SMILES string of the molecule is C=[N+](C(C)=O)C(C)=O. The Kier molecular flexibility index (Phi) is 2.06. The monoisotopic (exact) mass is 114 g/mol. The summed E-state index contributed by atoms with van der Waals surface area (Å²) in [5.41, 5.74) is 0. The van der Waals surface area contributed by atoms with Crippen molar-refractivity contribution < 1.29 is 14.2 Å². The van der Waals surface area contributed by atoms with Crippen molar-refractivity contribution in [1.82, 2.24) is 0 Å². The van der Waals surface area contributed by atoms with Gasteiger partial charge < -0.3 is 0 Å². The zero-order valence-corrected chi connectivity index (χ0v) is 4.97. The van der Waals surface area contributed by atoms with Gasteiger partial charge >= 0.3 is 11.8 Å². The fourth-order valence-electron chi connectivity index (χ4n) is 0.222. The minimum Gasteiger partial charge on any atom is -0.219 e. The number of nitrogens with zero attached hydrogens (tertiary/aromatic N) is 1. The quantitative estimate of drug-likeness (QED) is 0.323. The summed E-state index contributed by atoms with van der Waals surface area (Å²) < 4.78 is 0.806. The second-order valence-corrected chi connectivity index (χ2v) is 1.47. The second-order valence-electron chi connectivity index (χ2n) is 1.47. The summed E-state index contributed by atoms with van der Waals surface area (Å²) in [6.07, 6.45) is 0. The molecule has 0 atom stereocenters. The van der Waals surface area contributed by atoms with Crippen LogP contribution in [-0.4, -0.2) is 23.1 Å². The molecule has 3 heteroatoms. The van der Waals surface area contributed by atoms with Crippen LogP contribution in [0.1, 0.15) is 13.8 Å². The standard InChI is InChI=1S/C5H8NO2/c1-4(7)6(3)5(2)8/h3H2,1-2H3/q+1. The smallest absolute Gasteiger partial charge is 0.219 e. The fraction of sp³-hybridized carbons (Fsp3) is 0.400. The van der Waals surface area contributed by atoms with Crippen molar-refractivity contribution in [3.63, 3.8) is 0 Å². The van der Waals surface area contributed by atoms with Gasteiger partial charge in [0.25, 0.3) is 0 Å². The molecule has 0 aliphatic carbocycles. The van der Waals surface area contributed by atoms with Gasteiger partial charge in [0, 0.05) is 0 Å². The third-order valence-electron chi connectivity index (χ3n) is 0.760. The first-order chi connectivity index (χ1) is 3.55. The van der Waals surface area contributed by atoms with E-state index in [1.807, 2.05) is 0 Å². The molecular formula is C5H8NO2+. The third kappa shape index (κ3) is 1.64. The summed E-state index contributed by atoms with van der Waals surface area (Å²) in [5.74, 6) is -0.671. The van der Waals surface area contributed by atoms with E-state index in [4.69, 9.17) is 0 Å². The summed E-state index contributed by atoms with van der Waals surface area (Å²) in [7, 11) is 0. The van der Waals surface area contributed by atoms with E-state index in [0.717, 1.165) is 4.58 Å². The molecule has 8 heavy (non-hydrogen) atoms. The van der Waals surface area contributed by atoms with Crippen LogP contribution in [0.2, 0.25) is 0 Å². The number of amides is 2. The molecule has 0 rings (SSSR count). The van der Waals surface area contributed by atoms with Gasteiger partial charge in [-0.3, -0.25) is 0 Å². The lowest BCUT2D eigenvalue weighted by Crippen LogP contribution is -2.20. The zero-order chi connectivity index (χ0) is 6.73. The Hall–Kier alpha value is -0.990. The molecular weight excluding hydrogens is 106 g/mol. The molecule has 0 aromatic carbocycles. The molecule has 0 aliphatic heterocycles. The largest absolute Gasteiger partial charge is 0.391 e. The first-order valence-corrected chi connectivity index (χ1v) is 2.17. The van der Waals surface area contributed by atoms with Gasteiger partial charge in [0.05, 0.1) is 13.8 Å². The summed E-state index contributed by atoms with van der Waals surface area (Å²) in [6.45, 7) is 5.74. The molecule has 0 unspecified atom stereocenters. The van der Waals surface area contributed by atoms with Crippen molar-refractivity contribution >= 4 is 18.5 Å². The Balaban J connectivity index is 4.05. The second kappa shape index (κ2) is 2.35. The molecule has 0 bridgehead atoms. The molecule has 0 spiro atoms. The van der Waals surface area contributed by atoms with Crippen molar-refractivity contribution in [3.8, 4) is 0 Å². The van der Waals surface area contributed by atoms with Crippen LogP contribution < -0.4 is 0 Å². The predicted molar refractivity (Wildman–Crippen MR) is 28.7 cm³/mol. The minimum absolute atomic E-state index is 0.336. The lowest BCUT2D eigenvalue weighted by Gasteiger charge is -1.82. The van der Waals surface area contributed by atoms with E-state index < -0.39 is 0 Å². The van der Waals surface area contributed by atoms with Gasteiger partial charge in [-0.2, -0.15) is 0 Å². The normalized spacial score (nSPS) is 8.25. The van der Waals surface area contributed by atoms with Crippen molar-refractivity contribution in [2.45, 2.75) is 13.8 Å². The highest BCUT2D eigenvalue weighted by Crippen LogP contribution is 1.73. The van der Waals surface area contributed by atoms with Crippen molar-refractivity contribution in [1.29, 1.82) is 0 Å². The highest BCUT2D eigenvalue weighted by molar-refractivity contribution is 5.81. The first kappa shape index (κ1) is 7.01. The molecule has 3 nitrogen and oxygen atoms in total. The molecule has 0 aromatic heterocycles. The van der Waals surface area contributed by atoms with Crippen LogP contribution in [0.4, 0.5) is 0 Å². The molecule has 0 heterocycles. The minimum atomic E-state index is -0.336. The number of hydrogen-bond donors (Lipinski definition) is 0. The third-order valence-corrected chi connectivity index (χ3v) is 0.760. The summed E-state index contributed by atoms with van der Waals surface area (Å²) in [5, 5.41) is 0. The highest BCUT2D eigenvalue weighted by atomic mass is 16.2. The Morgan fingerprint density at radius 2 is 1.50 bits per heavy atom. The van der Waals surface area contributed by atoms with Crippen molar-refractivity contribution in [3.05, 3.63) is 0 Å². The molecule has 0 saturated carbocycles. The average molecular weight is 114 g/mol. The highest BCUT2D eigenvalue weighted by Gasteiger charge is 2.12. The summed E-state index contributed by atoms with van der Waals surface area (Å²) in [6, 6.07) is 0. The first-order valence-electron chi connectivity index (χ1n) is 2.17. The number of carbonyl (C=O) groups is 2. The van der Waals surface area contributed by atoms with Gasteiger partial charge in [0.15, 0.2) is 0 Å². The van der Waals surface area contributed by atoms with E-state index in [-0.39, 0.29) is 11.8 Å². The van der Waals surface area contributed by atoms with Crippen LogP contribution in [-0.2, 0) is 9.59 Å². The summed E-state index contributed by atoms with van der Waals surface area (Å²) in [4.78, 5) is 20.5. The molecule has 2 amide bonds. The van der Waals surface area contributed by atoms with Crippen molar-refractivity contribution in [2.75, 3.05) is 0 Å². The Labute approximate surface area is 47.6 Å². The number of rotatable bonds is 0. The van der Waals surface area contributed by atoms with E-state index in [2.05, 4.69) is 6.72 Å². The van der Waals surface area contributed by atoms with Gasteiger partial charge in [-0.25, -0.2) is 9.59 Å². The van der Waals surface area contributed by atoms with Gasteiger partial charge in [-0.15, -0.1) is 4.58 Å². The van der Waals surface area contributed by atoms with E-state index in [0.29, 0.717) is 0 Å². The maximum absolute atomic E-state index is 10.2. The van der Waals surface area contributed by atoms with Crippen LogP contribution in [0.3, 0.4) is 0 Å². The van der Waals surface area contributed by atoms with Gasteiger partial charge in [0.1, 0.15) is 6.72 Å². The van der Waals surface area contributed by atoms with E-state index >= 15 is 0 Å². The van der Waals surface area contributed by atoms with Crippen LogP contribution >= 0.6 is 0 Å². The lowest BCUT2D eigenvalue weighted by atomic mass is 10.6. The Bertz CT molecular complexity index is 133. The maximum Gasteiger partial charge on any atom is 0.391 e. The summed E-state index contributed by atoms with van der Waals surface area (Å²) >= 11 is 0. The maximum atomic E-state index is 10.2. The molecule has 44 valence electrons. The van der Waals surface area contributed by atoms with E-state index in [9.17, 15) is 9.59 Å². The van der Waals surface area contributed by atoms with E-state index in [1.54, 1.807) is 0 Å². The van der Waals surface area contributed by atoms with Crippen molar-refractivity contribution in [2.24, 2.45) is 0 Å². The Morgan fingerprint density at radius 3 is 1.50 bits per heavy atom. The molecule has 0 saturated heterocycles. The molecule has 0 fully saturated rings. The average Bonchev–Trinajstić information content (AvgIpc) is 1.64. The lowest BCUT2D eigenvalue weighted by molar-refractivity contribution is -0.372. The molecule has 0 aromatic rings. The molecule has 0 N–H and O–H groups in total. The van der Waals surface area contributed by atoms with Gasteiger partial charge in [-0.1, -0.05) is 0 Å². The van der Waals surface area contributed by atoms with Crippen LogP contribution in [0.15, 0.2) is 0 Å². The van der Waals surface area contributed by atoms with Gasteiger partial charge in [0.2, 0.25) is 0 Å². The molecule has 0 radical (unpaired) electrons.